The quantitative estimate of drug-likeness (QED) is 0.546. The summed E-state index contributed by atoms with van der Waals surface area (Å²) in [5.74, 6) is 1.08. The van der Waals surface area contributed by atoms with E-state index in [4.69, 9.17) is 26.4 Å². The second kappa shape index (κ2) is 10.4. The number of benzene rings is 2. The topological polar surface area (TPSA) is 68.8 Å². The highest BCUT2D eigenvalue weighted by atomic mass is 32.1. The molecule has 2 rings (SSSR count). The van der Waals surface area contributed by atoms with Crippen LogP contribution in [0.1, 0.15) is 17.3 Å². The number of methoxy groups -OCH3 is 1. The summed E-state index contributed by atoms with van der Waals surface area (Å²) in [5, 5.41) is 5.80. The minimum absolute atomic E-state index is 0.209. The van der Waals surface area contributed by atoms with E-state index in [9.17, 15) is 4.79 Å². The molecule has 6 nitrogen and oxygen atoms in total. The maximum atomic E-state index is 12.3. The number of thiocarbonyl (C=S) groups is 1. The second-order valence-corrected chi connectivity index (χ2v) is 5.62. The number of carbonyl (C=O) groups is 1. The van der Waals surface area contributed by atoms with Crippen molar-refractivity contribution in [2.45, 2.75) is 6.92 Å². The van der Waals surface area contributed by atoms with Crippen molar-refractivity contribution >= 4 is 28.9 Å². The molecule has 0 saturated carbocycles. The van der Waals surface area contributed by atoms with Gasteiger partial charge < -0.3 is 19.5 Å². The van der Waals surface area contributed by atoms with E-state index in [0.29, 0.717) is 36.9 Å². The zero-order valence-electron chi connectivity index (χ0n) is 14.8. The summed E-state index contributed by atoms with van der Waals surface area (Å²) in [4.78, 5) is 12.3. The van der Waals surface area contributed by atoms with Crippen LogP contribution >= 0.6 is 12.2 Å². The predicted molar refractivity (Wildman–Crippen MR) is 105 cm³/mol. The van der Waals surface area contributed by atoms with Crippen LogP contribution in [0.2, 0.25) is 0 Å². The van der Waals surface area contributed by atoms with Gasteiger partial charge in [-0.05, 0) is 55.5 Å². The van der Waals surface area contributed by atoms with Gasteiger partial charge in [-0.3, -0.25) is 10.1 Å². The zero-order valence-corrected chi connectivity index (χ0v) is 15.6. The molecule has 0 bridgehead atoms. The molecule has 0 aliphatic rings. The number of amides is 1. The number of rotatable bonds is 8. The minimum atomic E-state index is -0.300. The highest BCUT2D eigenvalue weighted by molar-refractivity contribution is 7.80. The Kier molecular flexibility index (Phi) is 7.85. The van der Waals surface area contributed by atoms with Gasteiger partial charge in [0.25, 0.3) is 5.91 Å². The van der Waals surface area contributed by atoms with Crippen molar-refractivity contribution in [1.29, 1.82) is 0 Å². The van der Waals surface area contributed by atoms with Gasteiger partial charge in [0.15, 0.2) is 5.11 Å². The molecule has 0 saturated heterocycles. The summed E-state index contributed by atoms with van der Waals surface area (Å²) in [5.41, 5.74) is 1.21. The van der Waals surface area contributed by atoms with Gasteiger partial charge in [0.1, 0.15) is 18.1 Å². The van der Waals surface area contributed by atoms with Crippen molar-refractivity contribution < 1.29 is 19.0 Å². The van der Waals surface area contributed by atoms with Crippen molar-refractivity contribution in [1.82, 2.24) is 5.32 Å². The van der Waals surface area contributed by atoms with E-state index in [1.807, 2.05) is 25.1 Å². The molecule has 0 unspecified atom stereocenters. The molecule has 7 heteroatoms. The largest absolute Gasteiger partial charge is 0.497 e. The molecule has 2 aromatic carbocycles. The third-order valence-electron chi connectivity index (χ3n) is 3.37. The van der Waals surface area contributed by atoms with E-state index in [-0.39, 0.29) is 11.0 Å². The second-order valence-electron chi connectivity index (χ2n) is 5.21. The number of nitrogens with one attached hydrogen (secondary N) is 2. The lowest BCUT2D eigenvalue weighted by atomic mass is 10.2. The van der Waals surface area contributed by atoms with Crippen LogP contribution in [0.25, 0.3) is 0 Å². The van der Waals surface area contributed by atoms with Crippen molar-refractivity contribution in [2.24, 2.45) is 0 Å². The van der Waals surface area contributed by atoms with Crippen LogP contribution in [-0.2, 0) is 4.74 Å². The molecular formula is C19H22N2O4S. The Labute approximate surface area is 158 Å². The van der Waals surface area contributed by atoms with Crippen LogP contribution in [0.15, 0.2) is 48.5 Å². The summed E-state index contributed by atoms with van der Waals surface area (Å²) in [6, 6.07) is 14.1. The lowest BCUT2D eigenvalue weighted by Gasteiger charge is -2.11. The number of hydrogen-bond acceptors (Lipinski definition) is 5. The normalized spacial score (nSPS) is 10.1. The van der Waals surface area contributed by atoms with Gasteiger partial charge in [0.05, 0.1) is 13.7 Å². The average Bonchev–Trinajstić information content (AvgIpc) is 2.65. The lowest BCUT2D eigenvalue weighted by Crippen LogP contribution is -2.34. The van der Waals surface area contributed by atoms with Gasteiger partial charge in [0.2, 0.25) is 0 Å². The van der Waals surface area contributed by atoms with E-state index in [2.05, 4.69) is 10.6 Å². The van der Waals surface area contributed by atoms with Gasteiger partial charge in [-0.15, -0.1) is 0 Å². The van der Waals surface area contributed by atoms with Crippen LogP contribution in [-0.4, -0.2) is 38.0 Å². The third kappa shape index (κ3) is 6.34. The first-order valence-corrected chi connectivity index (χ1v) is 8.60. The van der Waals surface area contributed by atoms with Crippen LogP contribution in [0.4, 0.5) is 5.69 Å². The third-order valence-corrected chi connectivity index (χ3v) is 3.58. The van der Waals surface area contributed by atoms with E-state index in [0.717, 1.165) is 5.69 Å². The number of carbonyl (C=O) groups excluding carboxylic acids is 1. The van der Waals surface area contributed by atoms with Gasteiger partial charge in [0, 0.05) is 23.9 Å². The van der Waals surface area contributed by atoms with Crippen LogP contribution < -0.4 is 20.1 Å². The van der Waals surface area contributed by atoms with E-state index < -0.39 is 0 Å². The Morgan fingerprint density at radius 2 is 1.85 bits per heavy atom. The highest BCUT2D eigenvalue weighted by Crippen LogP contribution is 2.16. The standard InChI is InChI=1S/C19H22N2O4S/c1-3-24-11-12-25-16-9-7-14(8-10-16)18(22)21-19(26)20-15-5-4-6-17(13-15)23-2/h4-10,13H,3,11-12H2,1-2H3,(H2,20,21,22,26). The molecule has 26 heavy (non-hydrogen) atoms. The molecule has 0 aliphatic heterocycles. The van der Waals surface area contributed by atoms with Gasteiger partial charge >= 0.3 is 0 Å². The van der Waals surface area contributed by atoms with Crippen molar-refractivity contribution in [3.63, 3.8) is 0 Å². The molecular weight excluding hydrogens is 352 g/mol. The molecule has 2 N–H and O–H groups in total. The number of hydrogen-bond donors (Lipinski definition) is 2. The van der Waals surface area contributed by atoms with Gasteiger partial charge in [-0.2, -0.15) is 0 Å². The molecule has 0 spiro atoms. The van der Waals surface area contributed by atoms with Crippen molar-refractivity contribution in [3.8, 4) is 11.5 Å². The first-order valence-electron chi connectivity index (χ1n) is 8.19. The lowest BCUT2D eigenvalue weighted by molar-refractivity contribution is 0.0977. The number of anilines is 1. The maximum Gasteiger partial charge on any atom is 0.257 e. The molecule has 1 amide bonds. The highest BCUT2D eigenvalue weighted by Gasteiger charge is 2.08. The first-order chi connectivity index (χ1) is 12.6. The van der Waals surface area contributed by atoms with Crippen LogP contribution in [0.5, 0.6) is 11.5 Å². The summed E-state index contributed by atoms with van der Waals surface area (Å²) < 4.78 is 15.9. The first kappa shape index (κ1) is 19.7. The Morgan fingerprint density at radius 1 is 1.08 bits per heavy atom. The molecule has 0 heterocycles. The van der Waals surface area contributed by atoms with Gasteiger partial charge in [-0.25, -0.2) is 0 Å². The Hall–Kier alpha value is -2.64. The minimum Gasteiger partial charge on any atom is -0.497 e. The Morgan fingerprint density at radius 3 is 2.54 bits per heavy atom. The molecule has 0 aliphatic carbocycles. The molecule has 2 aromatic rings. The average molecular weight is 374 g/mol. The fraction of sp³-hybridized carbons (Fsp3) is 0.263. The SMILES string of the molecule is CCOCCOc1ccc(C(=O)NC(=S)Nc2cccc(OC)c2)cc1. The predicted octanol–water partition coefficient (Wildman–Crippen LogP) is 3.24. The van der Waals surface area contributed by atoms with E-state index in [1.54, 1.807) is 37.4 Å². The maximum absolute atomic E-state index is 12.3. The number of ether oxygens (including phenoxy) is 3. The summed E-state index contributed by atoms with van der Waals surface area (Å²) in [7, 11) is 1.59. The van der Waals surface area contributed by atoms with E-state index >= 15 is 0 Å². The van der Waals surface area contributed by atoms with Gasteiger partial charge in [-0.1, -0.05) is 6.07 Å². The summed E-state index contributed by atoms with van der Waals surface area (Å²) in [6.45, 7) is 3.59. The van der Waals surface area contributed by atoms with Crippen molar-refractivity contribution in [3.05, 3.63) is 54.1 Å². The monoisotopic (exact) mass is 374 g/mol. The summed E-state index contributed by atoms with van der Waals surface area (Å²) >= 11 is 5.18. The van der Waals surface area contributed by atoms with Crippen LogP contribution in [0, 0.1) is 0 Å². The Balaban J connectivity index is 1.85. The molecule has 0 fully saturated rings. The summed E-state index contributed by atoms with van der Waals surface area (Å²) in [6.07, 6.45) is 0. The molecule has 0 atom stereocenters. The molecule has 0 aromatic heterocycles. The molecule has 0 radical (unpaired) electrons. The zero-order chi connectivity index (χ0) is 18.8. The molecule has 138 valence electrons. The smallest absolute Gasteiger partial charge is 0.257 e. The van der Waals surface area contributed by atoms with Crippen molar-refractivity contribution in [2.75, 3.05) is 32.2 Å². The fourth-order valence-electron chi connectivity index (χ4n) is 2.10. The fourth-order valence-corrected chi connectivity index (χ4v) is 2.31. The van der Waals surface area contributed by atoms with Crippen LogP contribution in [0.3, 0.4) is 0 Å². The Bertz CT molecular complexity index is 735. The van der Waals surface area contributed by atoms with E-state index in [1.165, 1.54) is 0 Å².